The van der Waals surface area contributed by atoms with Crippen LogP contribution in [-0.2, 0) is 11.0 Å². The number of aliphatic carboxylic acids is 1. The van der Waals surface area contributed by atoms with Gasteiger partial charge in [0.2, 0.25) is 0 Å². The maximum atomic E-state index is 13.2. The summed E-state index contributed by atoms with van der Waals surface area (Å²) in [5, 5.41) is 9.56. The van der Waals surface area contributed by atoms with Crippen molar-refractivity contribution < 1.29 is 27.8 Å². The molecule has 2 aromatic rings. The quantitative estimate of drug-likeness (QED) is 0.839. The molecule has 144 valence electrons. The molecule has 0 spiro atoms. The first-order valence-electron chi connectivity index (χ1n) is 8.61. The Morgan fingerprint density at radius 2 is 1.85 bits per heavy atom. The monoisotopic (exact) mass is 379 g/mol. The normalized spacial score (nSPS) is 19.0. The van der Waals surface area contributed by atoms with Crippen molar-refractivity contribution in [1.82, 2.24) is 4.90 Å². The first-order chi connectivity index (χ1) is 12.8. The third-order valence-corrected chi connectivity index (χ3v) is 4.85. The molecule has 2 atom stereocenters. The lowest BCUT2D eigenvalue weighted by Gasteiger charge is -2.32. The van der Waals surface area contributed by atoms with Crippen LogP contribution in [0.2, 0.25) is 0 Å². The van der Waals surface area contributed by atoms with Crippen molar-refractivity contribution >= 4 is 5.97 Å². The lowest BCUT2D eigenvalue weighted by Crippen LogP contribution is -2.39. The van der Waals surface area contributed by atoms with Crippen LogP contribution in [0.1, 0.15) is 35.6 Å². The molecule has 1 saturated heterocycles. The number of carbonyl (C=O) groups is 1. The second-order valence-electron chi connectivity index (χ2n) is 6.54. The summed E-state index contributed by atoms with van der Waals surface area (Å²) in [6.45, 7) is 0.495. The number of carboxylic acid groups (broad SMARTS) is 1. The van der Waals surface area contributed by atoms with E-state index in [1.54, 1.807) is 35.2 Å². The molecule has 1 N–H and O–H groups in total. The number of alkyl halides is 3. The van der Waals surface area contributed by atoms with Crippen LogP contribution in [0.5, 0.6) is 5.75 Å². The molecule has 0 aromatic heterocycles. The Kier molecular flexibility index (Phi) is 5.41. The van der Waals surface area contributed by atoms with Gasteiger partial charge < -0.3 is 9.84 Å². The van der Waals surface area contributed by atoms with E-state index in [2.05, 4.69) is 0 Å². The van der Waals surface area contributed by atoms with Crippen LogP contribution in [0.3, 0.4) is 0 Å². The van der Waals surface area contributed by atoms with Gasteiger partial charge in [-0.2, -0.15) is 13.2 Å². The molecule has 1 heterocycles. The van der Waals surface area contributed by atoms with Gasteiger partial charge in [-0.25, -0.2) is 0 Å². The molecule has 27 heavy (non-hydrogen) atoms. The zero-order valence-corrected chi connectivity index (χ0v) is 14.7. The van der Waals surface area contributed by atoms with E-state index in [1.165, 1.54) is 13.2 Å². The van der Waals surface area contributed by atoms with Crippen LogP contribution in [0.25, 0.3) is 0 Å². The molecule has 1 aliphatic heterocycles. The third-order valence-electron chi connectivity index (χ3n) is 4.85. The molecule has 2 unspecified atom stereocenters. The third kappa shape index (κ3) is 4.08. The Hall–Kier alpha value is -2.54. The SMILES string of the molecule is COc1cccc(C(c2cccc(C(F)(F)F)c2)N2CCCC2C(=O)O)c1. The van der Waals surface area contributed by atoms with Gasteiger partial charge in [-0.05, 0) is 48.2 Å². The maximum absolute atomic E-state index is 13.2. The fourth-order valence-electron chi connectivity index (χ4n) is 3.64. The zero-order valence-electron chi connectivity index (χ0n) is 14.7. The van der Waals surface area contributed by atoms with Crippen molar-refractivity contribution in [3.05, 3.63) is 65.2 Å². The molecule has 4 nitrogen and oxygen atoms in total. The molecule has 0 amide bonds. The van der Waals surface area contributed by atoms with Gasteiger partial charge in [-0.3, -0.25) is 9.69 Å². The Balaban J connectivity index is 2.11. The van der Waals surface area contributed by atoms with Crippen molar-refractivity contribution in [1.29, 1.82) is 0 Å². The van der Waals surface area contributed by atoms with E-state index >= 15 is 0 Å². The fourth-order valence-corrected chi connectivity index (χ4v) is 3.64. The first kappa shape index (κ1) is 19.2. The van der Waals surface area contributed by atoms with Gasteiger partial charge in [0.25, 0.3) is 0 Å². The van der Waals surface area contributed by atoms with E-state index in [0.717, 1.165) is 12.1 Å². The smallest absolute Gasteiger partial charge is 0.416 e. The molecule has 3 rings (SSSR count). The highest BCUT2D eigenvalue weighted by atomic mass is 19.4. The van der Waals surface area contributed by atoms with Gasteiger partial charge in [-0.1, -0.05) is 24.3 Å². The van der Waals surface area contributed by atoms with Crippen molar-refractivity contribution in [2.75, 3.05) is 13.7 Å². The van der Waals surface area contributed by atoms with Crippen LogP contribution >= 0.6 is 0 Å². The van der Waals surface area contributed by atoms with Gasteiger partial charge in [-0.15, -0.1) is 0 Å². The number of carboxylic acids is 1. The Morgan fingerprint density at radius 1 is 1.19 bits per heavy atom. The molecule has 1 fully saturated rings. The second kappa shape index (κ2) is 7.60. The molecule has 7 heteroatoms. The van der Waals surface area contributed by atoms with Crippen molar-refractivity contribution in [3.8, 4) is 5.75 Å². The van der Waals surface area contributed by atoms with Gasteiger partial charge in [0.05, 0.1) is 18.7 Å². The van der Waals surface area contributed by atoms with Crippen LogP contribution < -0.4 is 4.74 Å². The summed E-state index contributed by atoms with van der Waals surface area (Å²) >= 11 is 0. The highest BCUT2D eigenvalue weighted by Crippen LogP contribution is 2.38. The molecule has 0 bridgehead atoms. The number of nitrogens with zero attached hydrogens (tertiary/aromatic N) is 1. The highest BCUT2D eigenvalue weighted by molar-refractivity contribution is 5.74. The molecule has 0 aliphatic carbocycles. The average molecular weight is 379 g/mol. The average Bonchev–Trinajstić information content (AvgIpc) is 3.11. The van der Waals surface area contributed by atoms with Gasteiger partial charge in [0.15, 0.2) is 0 Å². The number of methoxy groups -OCH3 is 1. The predicted molar refractivity (Wildman–Crippen MR) is 93.6 cm³/mol. The lowest BCUT2D eigenvalue weighted by atomic mass is 9.94. The van der Waals surface area contributed by atoms with E-state index < -0.39 is 29.8 Å². The Morgan fingerprint density at radius 3 is 2.48 bits per heavy atom. The molecular formula is C20H20F3NO3. The number of ether oxygens (including phenoxy) is 1. The second-order valence-corrected chi connectivity index (χ2v) is 6.54. The van der Waals surface area contributed by atoms with E-state index in [1.807, 2.05) is 0 Å². The number of hydrogen-bond donors (Lipinski definition) is 1. The summed E-state index contributed by atoms with van der Waals surface area (Å²) in [5.41, 5.74) is 0.354. The number of hydrogen-bond acceptors (Lipinski definition) is 3. The minimum absolute atomic E-state index is 0.409. The van der Waals surface area contributed by atoms with Crippen molar-refractivity contribution in [3.63, 3.8) is 0 Å². The molecule has 1 aliphatic rings. The number of benzene rings is 2. The van der Waals surface area contributed by atoms with Crippen LogP contribution in [-0.4, -0.2) is 35.7 Å². The number of rotatable bonds is 5. The number of halogens is 3. The standard InChI is InChI=1S/C20H20F3NO3/c1-27-16-8-3-6-14(12-16)18(24-10-4-9-17(24)19(25)26)13-5-2-7-15(11-13)20(21,22)23/h2-3,5-8,11-12,17-18H,4,9-10H2,1H3,(H,25,26). The van der Waals surface area contributed by atoms with Crippen LogP contribution in [0.4, 0.5) is 13.2 Å². The van der Waals surface area contributed by atoms with E-state index in [9.17, 15) is 23.1 Å². The van der Waals surface area contributed by atoms with E-state index in [0.29, 0.717) is 36.3 Å². The maximum Gasteiger partial charge on any atom is 0.416 e. The minimum atomic E-state index is -4.47. The zero-order chi connectivity index (χ0) is 19.6. The van der Waals surface area contributed by atoms with Crippen molar-refractivity contribution in [2.24, 2.45) is 0 Å². The van der Waals surface area contributed by atoms with Crippen LogP contribution in [0.15, 0.2) is 48.5 Å². The molecule has 0 saturated carbocycles. The summed E-state index contributed by atoms with van der Waals surface area (Å²) in [4.78, 5) is 13.4. The Labute approximate surface area is 155 Å². The largest absolute Gasteiger partial charge is 0.497 e. The predicted octanol–water partition coefficient (Wildman–Crippen LogP) is 4.35. The fraction of sp³-hybridized carbons (Fsp3) is 0.350. The van der Waals surface area contributed by atoms with Gasteiger partial charge in [0, 0.05) is 6.54 Å². The summed E-state index contributed by atoms with van der Waals surface area (Å²) in [7, 11) is 1.51. The van der Waals surface area contributed by atoms with Crippen LogP contribution in [0, 0.1) is 0 Å². The number of likely N-dealkylation sites (tertiary alicyclic amines) is 1. The minimum Gasteiger partial charge on any atom is -0.497 e. The first-order valence-corrected chi connectivity index (χ1v) is 8.61. The highest BCUT2D eigenvalue weighted by Gasteiger charge is 2.38. The molecule has 0 radical (unpaired) electrons. The lowest BCUT2D eigenvalue weighted by molar-refractivity contribution is -0.143. The van der Waals surface area contributed by atoms with Gasteiger partial charge >= 0.3 is 12.1 Å². The summed E-state index contributed by atoms with van der Waals surface area (Å²) in [6.07, 6.45) is -3.32. The molecule has 2 aromatic carbocycles. The van der Waals surface area contributed by atoms with Crippen molar-refractivity contribution in [2.45, 2.75) is 31.1 Å². The summed E-state index contributed by atoms with van der Waals surface area (Å²) in [5.74, 6) is -0.400. The molecular weight excluding hydrogens is 359 g/mol. The summed E-state index contributed by atoms with van der Waals surface area (Å²) < 4.78 is 44.9. The summed E-state index contributed by atoms with van der Waals surface area (Å²) in [6, 6.07) is 10.8. The van der Waals surface area contributed by atoms with E-state index in [4.69, 9.17) is 4.74 Å². The van der Waals surface area contributed by atoms with Gasteiger partial charge in [0.1, 0.15) is 11.8 Å². The topological polar surface area (TPSA) is 49.8 Å². The Bertz CT molecular complexity index is 822. The van der Waals surface area contributed by atoms with E-state index in [-0.39, 0.29) is 0 Å².